The van der Waals surface area contributed by atoms with Crippen molar-refractivity contribution in [2.75, 3.05) is 0 Å². The van der Waals surface area contributed by atoms with E-state index in [9.17, 15) is 18.0 Å². The Morgan fingerprint density at radius 1 is 1.45 bits per heavy atom. The van der Waals surface area contributed by atoms with Crippen LogP contribution in [0.3, 0.4) is 0 Å². The fourth-order valence-electron chi connectivity index (χ4n) is 1.92. The Morgan fingerprint density at radius 3 is 2.55 bits per heavy atom. The first-order valence-corrected chi connectivity index (χ1v) is 8.28. The first kappa shape index (κ1) is 15.2. The Hall–Kier alpha value is -1.16. The summed E-state index contributed by atoms with van der Waals surface area (Å²) in [6, 6.07) is 0.949. The van der Waals surface area contributed by atoms with Crippen LogP contribution in [0.1, 0.15) is 23.2 Å². The van der Waals surface area contributed by atoms with E-state index in [1.807, 2.05) is 0 Å². The van der Waals surface area contributed by atoms with E-state index >= 15 is 0 Å². The van der Waals surface area contributed by atoms with Crippen molar-refractivity contribution in [1.82, 2.24) is 5.32 Å². The number of hydrogen-bond acceptors (Lipinski definition) is 5. The lowest BCUT2D eigenvalue weighted by Gasteiger charge is -2.32. The van der Waals surface area contributed by atoms with Crippen molar-refractivity contribution in [3.05, 3.63) is 16.0 Å². The number of rotatable bonds is 4. The zero-order valence-corrected chi connectivity index (χ0v) is 12.4. The van der Waals surface area contributed by atoms with Gasteiger partial charge in [-0.25, -0.2) is 13.6 Å². The second-order valence-electron chi connectivity index (χ2n) is 4.47. The molecular weight excluding hydrogens is 328 g/mol. The molecule has 0 aliphatic heterocycles. The monoisotopic (exact) mass is 338 g/mol. The van der Waals surface area contributed by atoms with E-state index in [1.54, 1.807) is 0 Å². The number of thiophene rings is 1. The molecule has 0 bridgehead atoms. The van der Waals surface area contributed by atoms with Crippen LogP contribution in [0.2, 0.25) is 4.34 Å². The van der Waals surface area contributed by atoms with Gasteiger partial charge in [0.1, 0.15) is 4.21 Å². The molecule has 0 saturated heterocycles. The van der Waals surface area contributed by atoms with E-state index in [1.165, 1.54) is 6.07 Å². The molecule has 1 amide bonds. The molecule has 1 saturated carbocycles. The highest BCUT2D eigenvalue weighted by Gasteiger charge is 2.36. The largest absolute Gasteiger partial charge is 0.481 e. The molecule has 0 aromatic carbocycles. The predicted molar refractivity (Wildman–Crippen MR) is 72.3 cm³/mol. The Balaban J connectivity index is 2.10. The number of carboxylic acids is 1. The average Bonchev–Trinajstić information content (AvgIpc) is 2.64. The van der Waals surface area contributed by atoms with Gasteiger partial charge in [0, 0.05) is 6.04 Å². The number of sulfonamides is 1. The number of carbonyl (C=O) groups is 2. The van der Waals surface area contributed by atoms with Crippen LogP contribution < -0.4 is 10.5 Å². The Bertz CT molecular complexity index is 663. The molecule has 1 aromatic heterocycles. The Kier molecular flexibility index (Phi) is 4.05. The summed E-state index contributed by atoms with van der Waals surface area (Å²) < 4.78 is 22.5. The lowest BCUT2D eigenvalue weighted by Crippen LogP contribution is -2.46. The SMILES string of the molecule is NS(=O)(=O)c1sc(Cl)cc1C(=O)NC1CC(C(=O)O)C1. The topological polar surface area (TPSA) is 127 Å². The number of hydrogen-bond donors (Lipinski definition) is 3. The van der Waals surface area contributed by atoms with Crippen LogP contribution >= 0.6 is 22.9 Å². The van der Waals surface area contributed by atoms with Crippen LogP contribution in [0.4, 0.5) is 0 Å². The fraction of sp³-hybridized carbons (Fsp3) is 0.400. The van der Waals surface area contributed by atoms with Crippen molar-refractivity contribution < 1.29 is 23.1 Å². The van der Waals surface area contributed by atoms with E-state index in [-0.39, 0.29) is 20.2 Å². The van der Waals surface area contributed by atoms with E-state index in [4.69, 9.17) is 21.8 Å². The number of halogens is 1. The molecule has 1 aliphatic rings. The van der Waals surface area contributed by atoms with Crippen LogP contribution in [0.25, 0.3) is 0 Å². The van der Waals surface area contributed by atoms with Crippen LogP contribution in [-0.4, -0.2) is 31.4 Å². The minimum Gasteiger partial charge on any atom is -0.481 e. The minimum atomic E-state index is -4.03. The maximum absolute atomic E-state index is 12.0. The molecule has 110 valence electrons. The highest BCUT2D eigenvalue weighted by atomic mass is 35.5. The molecule has 1 aromatic rings. The van der Waals surface area contributed by atoms with Gasteiger partial charge < -0.3 is 10.4 Å². The number of carboxylic acid groups (broad SMARTS) is 1. The number of nitrogens with one attached hydrogen (secondary N) is 1. The molecular formula is C10H11ClN2O5S2. The second-order valence-corrected chi connectivity index (χ2v) is 7.91. The Labute approximate surface area is 123 Å². The van der Waals surface area contributed by atoms with Gasteiger partial charge in [-0.15, -0.1) is 11.3 Å². The van der Waals surface area contributed by atoms with Gasteiger partial charge >= 0.3 is 5.97 Å². The van der Waals surface area contributed by atoms with Crippen LogP contribution in [0.5, 0.6) is 0 Å². The third kappa shape index (κ3) is 3.11. The van der Waals surface area contributed by atoms with Crippen molar-refractivity contribution >= 4 is 44.8 Å². The molecule has 0 radical (unpaired) electrons. The number of aliphatic carboxylic acids is 1. The minimum absolute atomic E-state index is 0.110. The number of carbonyl (C=O) groups excluding carboxylic acids is 1. The third-order valence-corrected chi connectivity index (χ3v) is 5.74. The maximum Gasteiger partial charge on any atom is 0.306 e. The van der Waals surface area contributed by atoms with Crippen molar-refractivity contribution in [2.24, 2.45) is 11.1 Å². The molecule has 0 spiro atoms. The lowest BCUT2D eigenvalue weighted by atomic mass is 9.80. The van der Waals surface area contributed by atoms with E-state index in [0.29, 0.717) is 24.2 Å². The average molecular weight is 339 g/mol. The quantitative estimate of drug-likeness (QED) is 0.742. The molecule has 7 nitrogen and oxygen atoms in total. The molecule has 1 fully saturated rings. The molecule has 4 N–H and O–H groups in total. The molecule has 20 heavy (non-hydrogen) atoms. The third-order valence-electron chi connectivity index (χ3n) is 2.99. The summed E-state index contributed by atoms with van der Waals surface area (Å²) in [5.74, 6) is -1.99. The van der Waals surface area contributed by atoms with Crippen molar-refractivity contribution in [1.29, 1.82) is 0 Å². The van der Waals surface area contributed by atoms with Crippen molar-refractivity contribution in [3.63, 3.8) is 0 Å². The Morgan fingerprint density at radius 2 is 2.05 bits per heavy atom. The molecule has 1 heterocycles. The van der Waals surface area contributed by atoms with Gasteiger partial charge in [0.15, 0.2) is 0 Å². The smallest absolute Gasteiger partial charge is 0.306 e. The van der Waals surface area contributed by atoms with Crippen molar-refractivity contribution in [3.8, 4) is 0 Å². The molecule has 0 atom stereocenters. The summed E-state index contributed by atoms with van der Waals surface area (Å²) >= 11 is 6.41. The summed E-state index contributed by atoms with van der Waals surface area (Å²) in [7, 11) is -4.03. The van der Waals surface area contributed by atoms with Crippen LogP contribution in [0.15, 0.2) is 10.3 Å². The summed E-state index contributed by atoms with van der Waals surface area (Å²) in [5.41, 5.74) is -0.110. The number of amides is 1. The molecule has 0 unspecified atom stereocenters. The van der Waals surface area contributed by atoms with Gasteiger partial charge in [-0.1, -0.05) is 11.6 Å². The standard InChI is InChI=1S/C10H11ClN2O5S2/c11-7-3-6(10(19-7)20(12,17)18)8(14)13-5-1-4(2-5)9(15)16/h3-5H,1-2H2,(H,13,14)(H,15,16)(H2,12,17,18). The zero-order chi connectivity index (χ0) is 15.1. The van der Waals surface area contributed by atoms with Gasteiger partial charge in [0.2, 0.25) is 10.0 Å². The van der Waals surface area contributed by atoms with Crippen LogP contribution in [-0.2, 0) is 14.8 Å². The van der Waals surface area contributed by atoms with E-state index in [2.05, 4.69) is 5.32 Å². The molecule has 10 heteroatoms. The summed E-state index contributed by atoms with van der Waals surface area (Å²) in [5, 5.41) is 16.3. The molecule has 1 aliphatic carbocycles. The normalized spacial score (nSPS) is 22.1. The lowest BCUT2D eigenvalue weighted by molar-refractivity contribution is -0.145. The first-order chi connectivity index (χ1) is 9.18. The molecule has 2 rings (SSSR count). The first-order valence-electron chi connectivity index (χ1n) is 5.54. The van der Waals surface area contributed by atoms with Gasteiger partial charge in [-0.2, -0.15) is 0 Å². The maximum atomic E-state index is 12.0. The second kappa shape index (κ2) is 5.32. The zero-order valence-electron chi connectivity index (χ0n) is 10.00. The van der Waals surface area contributed by atoms with Crippen LogP contribution in [0, 0.1) is 5.92 Å². The van der Waals surface area contributed by atoms with E-state index < -0.39 is 27.8 Å². The van der Waals surface area contributed by atoms with E-state index in [0.717, 1.165) is 0 Å². The van der Waals surface area contributed by atoms with Gasteiger partial charge in [0.05, 0.1) is 15.8 Å². The van der Waals surface area contributed by atoms with Gasteiger partial charge in [0.25, 0.3) is 5.91 Å². The van der Waals surface area contributed by atoms with Crippen molar-refractivity contribution in [2.45, 2.75) is 23.1 Å². The highest BCUT2D eigenvalue weighted by Crippen LogP contribution is 2.31. The number of primary sulfonamides is 1. The summed E-state index contributed by atoms with van der Waals surface area (Å²) in [6.45, 7) is 0. The summed E-state index contributed by atoms with van der Waals surface area (Å²) in [6.07, 6.45) is 0.646. The summed E-state index contributed by atoms with van der Waals surface area (Å²) in [4.78, 5) is 22.6. The highest BCUT2D eigenvalue weighted by molar-refractivity contribution is 7.91. The van der Waals surface area contributed by atoms with Gasteiger partial charge in [-0.05, 0) is 18.9 Å². The van der Waals surface area contributed by atoms with Gasteiger partial charge in [-0.3, -0.25) is 9.59 Å². The fourth-order valence-corrected chi connectivity index (χ4v) is 4.20. The number of nitrogens with two attached hydrogens (primary N) is 1. The predicted octanol–water partition coefficient (Wildman–Crippen LogP) is 0.642.